The molecule has 0 heterocycles. The van der Waals surface area contributed by atoms with Gasteiger partial charge in [0.15, 0.2) is 0 Å². The molecule has 0 unspecified atom stereocenters. The molecule has 1 aromatic carbocycles. The normalized spacial score (nSPS) is 10.5. The molecule has 0 aliphatic rings. The van der Waals surface area contributed by atoms with E-state index in [9.17, 15) is 12.8 Å². The van der Waals surface area contributed by atoms with Gasteiger partial charge < -0.3 is 0 Å². The van der Waals surface area contributed by atoms with Gasteiger partial charge in [0, 0.05) is 40.8 Å². The molecule has 12 heavy (non-hydrogen) atoms. The summed E-state index contributed by atoms with van der Waals surface area (Å²) in [5.74, 6) is -0.949. The molecule has 0 atom stereocenters. The summed E-state index contributed by atoms with van der Waals surface area (Å²) in [5, 5.41) is 0. The molecule has 0 spiro atoms. The zero-order chi connectivity index (χ0) is 8.48. The third-order valence-corrected chi connectivity index (χ3v) is 2.00. The van der Waals surface area contributed by atoms with Gasteiger partial charge in [0.2, 0.25) is 0 Å². The molecule has 64 valence electrons. The largest absolute Gasteiger partial charge is 0.297 e. The standard InChI is InChI=1S/C6H5FO3S.Nd/c7-5-3-1-2-4-6(5)11(8,9)10;/h1-4H,(H,8,9,10);. The fraction of sp³-hybridized carbons (Fsp3) is 0. The molecule has 3 nitrogen and oxygen atoms in total. The van der Waals surface area contributed by atoms with Gasteiger partial charge in [-0.2, -0.15) is 8.42 Å². The van der Waals surface area contributed by atoms with Crippen molar-refractivity contribution in [2.45, 2.75) is 4.90 Å². The van der Waals surface area contributed by atoms with E-state index in [4.69, 9.17) is 4.55 Å². The number of rotatable bonds is 1. The Balaban J connectivity index is 0.00000121. The van der Waals surface area contributed by atoms with Crippen LogP contribution in [0, 0.1) is 46.7 Å². The monoisotopic (exact) mass is 318 g/mol. The van der Waals surface area contributed by atoms with E-state index in [2.05, 4.69) is 0 Å². The van der Waals surface area contributed by atoms with Crippen molar-refractivity contribution in [2.24, 2.45) is 0 Å². The van der Waals surface area contributed by atoms with Crippen LogP contribution in [0.2, 0.25) is 0 Å². The van der Waals surface area contributed by atoms with Crippen molar-refractivity contribution in [2.75, 3.05) is 0 Å². The minimum Gasteiger partial charge on any atom is -0.282 e. The molecule has 0 saturated heterocycles. The van der Waals surface area contributed by atoms with Gasteiger partial charge in [0.05, 0.1) is 0 Å². The summed E-state index contributed by atoms with van der Waals surface area (Å²) in [4.78, 5) is -0.694. The second-order valence-electron chi connectivity index (χ2n) is 1.91. The quantitative estimate of drug-likeness (QED) is 0.788. The van der Waals surface area contributed by atoms with Crippen LogP contribution >= 0.6 is 0 Å². The van der Waals surface area contributed by atoms with E-state index in [1.807, 2.05) is 0 Å². The Labute approximate surface area is 102 Å². The Morgan fingerprint density at radius 2 is 1.75 bits per heavy atom. The molecule has 6 heteroatoms. The maximum atomic E-state index is 12.5. The zero-order valence-electron chi connectivity index (χ0n) is 5.86. The van der Waals surface area contributed by atoms with E-state index >= 15 is 0 Å². The van der Waals surface area contributed by atoms with Crippen LogP contribution in [0.25, 0.3) is 0 Å². The summed E-state index contributed by atoms with van der Waals surface area (Å²) in [6.07, 6.45) is 0. The molecule has 0 saturated carbocycles. The molecule has 0 radical (unpaired) electrons. The van der Waals surface area contributed by atoms with Crippen LogP contribution in [0.3, 0.4) is 0 Å². The molecular formula is C6H5FNdO3S. The van der Waals surface area contributed by atoms with E-state index in [1.165, 1.54) is 12.1 Å². The third-order valence-electron chi connectivity index (χ3n) is 1.11. The Morgan fingerprint density at radius 1 is 1.25 bits per heavy atom. The van der Waals surface area contributed by atoms with Gasteiger partial charge in [-0.3, -0.25) is 4.55 Å². The van der Waals surface area contributed by atoms with Crippen molar-refractivity contribution in [3.63, 3.8) is 0 Å². The topological polar surface area (TPSA) is 54.4 Å². The van der Waals surface area contributed by atoms with Crippen LogP contribution in [-0.2, 0) is 10.1 Å². The summed E-state index contributed by atoms with van der Waals surface area (Å²) >= 11 is 0. The van der Waals surface area contributed by atoms with E-state index in [0.29, 0.717) is 0 Å². The fourth-order valence-corrected chi connectivity index (χ4v) is 1.22. The zero-order valence-corrected chi connectivity index (χ0v) is 9.88. The number of hydrogen-bond acceptors (Lipinski definition) is 2. The van der Waals surface area contributed by atoms with Gasteiger partial charge >= 0.3 is 0 Å². The Hall–Kier alpha value is 0.411. The summed E-state index contributed by atoms with van der Waals surface area (Å²) in [6.45, 7) is 0. The molecule has 1 aromatic rings. The summed E-state index contributed by atoms with van der Waals surface area (Å²) in [5.41, 5.74) is 0. The Kier molecular flexibility index (Phi) is 4.75. The smallest absolute Gasteiger partial charge is 0.282 e. The molecule has 0 amide bonds. The molecule has 1 N–H and O–H groups in total. The van der Waals surface area contributed by atoms with Gasteiger partial charge in [0.1, 0.15) is 10.7 Å². The predicted molar refractivity (Wildman–Crippen MR) is 36.2 cm³/mol. The van der Waals surface area contributed by atoms with Gasteiger partial charge in [0.25, 0.3) is 10.1 Å². The molecule has 0 bridgehead atoms. The summed E-state index contributed by atoms with van der Waals surface area (Å²) in [7, 11) is -4.41. The van der Waals surface area contributed by atoms with Crippen molar-refractivity contribution >= 4 is 10.1 Å². The minimum atomic E-state index is -4.41. The molecule has 0 aliphatic carbocycles. The molecule has 0 aromatic heterocycles. The fourth-order valence-electron chi connectivity index (χ4n) is 0.654. The van der Waals surface area contributed by atoms with Crippen molar-refractivity contribution in [1.82, 2.24) is 0 Å². The molecule has 0 fully saturated rings. The van der Waals surface area contributed by atoms with Gasteiger partial charge in [-0.05, 0) is 12.1 Å². The maximum absolute atomic E-state index is 12.5. The molecule has 0 aliphatic heterocycles. The van der Waals surface area contributed by atoms with Crippen LogP contribution in [0.15, 0.2) is 29.2 Å². The first-order valence-corrected chi connectivity index (χ1v) is 4.18. The van der Waals surface area contributed by atoms with Crippen molar-refractivity contribution in [3.8, 4) is 0 Å². The van der Waals surface area contributed by atoms with E-state index in [-0.39, 0.29) is 40.8 Å². The first kappa shape index (κ1) is 12.4. The van der Waals surface area contributed by atoms with Crippen LogP contribution < -0.4 is 0 Å². The Bertz CT molecular complexity index is 363. The predicted octanol–water partition coefficient (Wildman–Crippen LogP) is 1.07. The SMILES string of the molecule is O=S(=O)(O)c1ccccc1F.[Nd]. The van der Waals surface area contributed by atoms with E-state index in [0.717, 1.165) is 12.1 Å². The van der Waals surface area contributed by atoms with Crippen molar-refractivity contribution in [3.05, 3.63) is 30.1 Å². The van der Waals surface area contributed by atoms with Crippen LogP contribution in [0.4, 0.5) is 4.39 Å². The minimum absolute atomic E-state index is 0. The number of halogens is 1. The van der Waals surface area contributed by atoms with Gasteiger partial charge in [-0.15, -0.1) is 0 Å². The van der Waals surface area contributed by atoms with E-state index in [1.54, 1.807) is 0 Å². The second kappa shape index (κ2) is 4.59. The first-order chi connectivity index (χ1) is 5.02. The third kappa shape index (κ3) is 3.04. The molecular weight excluding hydrogens is 315 g/mol. The van der Waals surface area contributed by atoms with Gasteiger partial charge in [-0.1, -0.05) is 12.1 Å². The summed E-state index contributed by atoms with van der Waals surface area (Å²) < 4.78 is 41.7. The van der Waals surface area contributed by atoms with Crippen molar-refractivity contribution in [1.29, 1.82) is 0 Å². The van der Waals surface area contributed by atoms with E-state index < -0.39 is 20.8 Å². The number of benzene rings is 1. The van der Waals surface area contributed by atoms with Crippen LogP contribution in [0.5, 0.6) is 0 Å². The second-order valence-corrected chi connectivity index (χ2v) is 3.30. The summed E-state index contributed by atoms with van der Waals surface area (Å²) in [6, 6.07) is 4.62. The average molecular weight is 320 g/mol. The Morgan fingerprint density at radius 3 is 2.08 bits per heavy atom. The molecule has 1 rings (SSSR count). The number of hydrogen-bond donors (Lipinski definition) is 1. The average Bonchev–Trinajstić information content (AvgIpc) is 1.86. The van der Waals surface area contributed by atoms with Crippen LogP contribution in [-0.4, -0.2) is 13.0 Å². The maximum Gasteiger partial charge on any atom is 0.297 e. The van der Waals surface area contributed by atoms with Crippen LogP contribution in [0.1, 0.15) is 0 Å². The van der Waals surface area contributed by atoms with Crippen molar-refractivity contribution < 1.29 is 58.2 Å². The van der Waals surface area contributed by atoms with Gasteiger partial charge in [-0.25, -0.2) is 4.39 Å². The first-order valence-electron chi connectivity index (χ1n) is 2.74.